The van der Waals surface area contributed by atoms with Crippen molar-refractivity contribution in [3.63, 3.8) is 0 Å². The summed E-state index contributed by atoms with van der Waals surface area (Å²) in [7, 11) is 0. The highest BCUT2D eigenvalue weighted by atomic mass is 35.5. The molecule has 0 aliphatic heterocycles. The van der Waals surface area contributed by atoms with Crippen LogP contribution < -0.4 is 11.1 Å². The van der Waals surface area contributed by atoms with Crippen LogP contribution in [-0.4, -0.2) is 13.0 Å². The molecule has 1 rings (SSSR count). The second-order valence-corrected chi connectivity index (χ2v) is 2.92. The molecule has 1 aromatic rings. The Hall–Kier alpha value is -1.03. The highest BCUT2D eigenvalue weighted by molar-refractivity contribution is 6.33. The number of benzene rings is 1. The molecule has 0 aromatic heterocycles. The van der Waals surface area contributed by atoms with E-state index in [-0.39, 0.29) is 0 Å². The van der Waals surface area contributed by atoms with Crippen LogP contribution in [0, 0.1) is 0 Å². The van der Waals surface area contributed by atoms with Gasteiger partial charge < -0.3 is 11.1 Å². The number of nitrogens with two attached hydrogens (primary N) is 1. The van der Waals surface area contributed by atoms with E-state index >= 15 is 0 Å². The molecule has 72 valence electrons. The Morgan fingerprint density at radius 1 is 1.46 bits per heavy atom. The quantitative estimate of drug-likeness (QED) is 0.746. The highest BCUT2D eigenvalue weighted by Crippen LogP contribution is 2.23. The molecular formula is C8H9ClF2N2. The number of nitrogen functional groups attached to an aromatic ring is 1. The first-order chi connectivity index (χ1) is 6.09. The molecule has 5 heteroatoms. The lowest BCUT2D eigenvalue weighted by Crippen LogP contribution is -2.10. The van der Waals surface area contributed by atoms with Crippen molar-refractivity contribution in [3.8, 4) is 0 Å². The zero-order valence-electron chi connectivity index (χ0n) is 6.73. The van der Waals surface area contributed by atoms with E-state index in [2.05, 4.69) is 5.32 Å². The van der Waals surface area contributed by atoms with Gasteiger partial charge in [-0.1, -0.05) is 11.6 Å². The molecule has 0 saturated carbocycles. The summed E-state index contributed by atoms with van der Waals surface area (Å²) in [5, 5.41) is 2.85. The Bertz CT molecular complexity index is 291. The number of hydrogen-bond acceptors (Lipinski definition) is 2. The molecule has 0 aliphatic rings. The molecule has 1 aromatic carbocycles. The van der Waals surface area contributed by atoms with Crippen molar-refractivity contribution in [2.24, 2.45) is 0 Å². The molecular weight excluding hydrogens is 198 g/mol. The average Bonchev–Trinajstić information content (AvgIpc) is 2.02. The van der Waals surface area contributed by atoms with Crippen molar-refractivity contribution >= 4 is 23.0 Å². The maximum atomic E-state index is 11.8. The van der Waals surface area contributed by atoms with Crippen molar-refractivity contribution < 1.29 is 8.78 Å². The maximum Gasteiger partial charge on any atom is 0.255 e. The molecule has 0 saturated heterocycles. The van der Waals surface area contributed by atoms with Crippen LogP contribution in [0.2, 0.25) is 5.02 Å². The lowest BCUT2D eigenvalue weighted by Gasteiger charge is -2.07. The van der Waals surface area contributed by atoms with Gasteiger partial charge in [-0.2, -0.15) is 0 Å². The predicted octanol–water partition coefficient (Wildman–Crippen LogP) is 2.60. The SMILES string of the molecule is Nc1ccc(NCC(F)F)c(Cl)c1. The molecule has 0 amide bonds. The fraction of sp³-hybridized carbons (Fsp3) is 0.250. The molecule has 0 radical (unpaired) electrons. The molecule has 0 unspecified atom stereocenters. The van der Waals surface area contributed by atoms with E-state index in [9.17, 15) is 8.78 Å². The van der Waals surface area contributed by atoms with Gasteiger partial charge in [-0.25, -0.2) is 8.78 Å². The lowest BCUT2D eigenvalue weighted by atomic mass is 10.3. The average molecular weight is 207 g/mol. The first-order valence-corrected chi connectivity index (χ1v) is 4.04. The summed E-state index contributed by atoms with van der Waals surface area (Å²) >= 11 is 5.73. The van der Waals surface area contributed by atoms with Gasteiger partial charge in [0.25, 0.3) is 6.43 Å². The van der Waals surface area contributed by atoms with Crippen molar-refractivity contribution in [1.82, 2.24) is 0 Å². The monoisotopic (exact) mass is 206 g/mol. The topological polar surface area (TPSA) is 38.0 Å². The zero-order valence-corrected chi connectivity index (χ0v) is 7.48. The van der Waals surface area contributed by atoms with Crippen LogP contribution in [-0.2, 0) is 0 Å². The highest BCUT2D eigenvalue weighted by Gasteiger charge is 2.04. The van der Waals surface area contributed by atoms with Crippen molar-refractivity contribution in [2.75, 3.05) is 17.6 Å². The van der Waals surface area contributed by atoms with Gasteiger partial charge in [0, 0.05) is 5.69 Å². The minimum atomic E-state index is -2.39. The Kier molecular flexibility index (Phi) is 3.31. The van der Waals surface area contributed by atoms with Gasteiger partial charge in [-0.15, -0.1) is 0 Å². The first-order valence-electron chi connectivity index (χ1n) is 3.66. The number of nitrogens with one attached hydrogen (secondary N) is 1. The number of anilines is 2. The second kappa shape index (κ2) is 4.28. The third-order valence-electron chi connectivity index (χ3n) is 1.44. The molecule has 0 bridgehead atoms. The Balaban J connectivity index is 2.67. The molecule has 0 aliphatic carbocycles. The van der Waals surface area contributed by atoms with E-state index in [1.807, 2.05) is 0 Å². The van der Waals surface area contributed by atoms with E-state index in [0.717, 1.165) is 0 Å². The normalized spacial score (nSPS) is 10.5. The summed E-state index contributed by atoms with van der Waals surface area (Å²) in [5.74, 6) is 0. The van der Waals surface area contributed by atoms with Crippen molar-refractivity contribution in [1.29, 1.82) is 0 Å². The summed E-state index contributed by atoms with van der Waals surface area (Å²) in [6, 6.07) is 4.68. The summed E-state index contributed by atoms with van der Waals surface area (Å²) < 4.78 is 23.6. The van der Waals surface area contributed by atoms with E-state index in [1.165, 1.54) is 6.07 Å². The molecule has 0 spiro atoms. The zero-order chi connectivity index (χ0) is 9.84. The molecule has 0 heterocycles. The van der Waals surface area contributed by atoms with Gasteiger partial charge >= 0.3 is 0 Å². The molecule has 2 nitrogen and oxygen atoms in total. The Morgan fingerprint density at radius 3 is 2.69 bits per heavy atom. The van der Waals surface area contributed by atoms with E-state index < -0.39 is 13.0 Å². The second-order valence-electron chi connectivity index (χ2n) is 2.51. The number of rotatable bonds is 3. The largest absolute Gasteiger partial charge is 0.399 e. The number of alkyl halides is 2. The Labute approximate surface area is 79.7 Å². The van der Waals surface area contributed by atoms with Gasteiger partial charge in [0.05, 0.1) is 17.3 Å². The van der Waals surface area contributed by atoms with Crippen LogP contribution >= 0.6 is 11.6 Å². The molecule has 13 heavy (non-hydrogen) atoms. The fourth-order valence-corrected chi connectivity index (χ4v) is 1.12. The number of hydrogen-bond donors (Lipinski definition) is 2. The summed E-state index contributed by atoms with van der Waals surface area (Å²) in [4.78, 5) is 0. The van der Waals surface area contributed by atoms with Gasteiger partial charge in [0.2, 0.25) is 0 Å². The van der Waals surface area contributed by atoms with Crippen LogP contribution in [0.4, 0.5) is 20.2 Å². The predicted molar refractivity (Wildman–Crippen MR) is 50.4 cm³/mol. The number of halogens is 3. The van der Waals surface area contributed by atoms with Crippen LogP contribution in [0.3, 0.4) is 0 Å². The van der Waals surface area contributed by atoms with Crippen LogP contribution in [0.25, 0.3) is 0 Å². The summed E-state index contributed by atoms with van der Waals surface area (Å²) in [5.41, 5.74) is 6.40. The van der Waals surface area contributed by atoms with Crippen molar-refractivity contribution in [2.45, 2.75) is 6.43 Å². The third kappa shape index (κ3) is 3.06. The molecule has 0 fully saturated rings. The minimum Gasteiger partial charge on any atom is -0.399 e. The van der Waals surface area contributed by atoms with Crippen LogP contribution in [0.1, 0.15) is 0 Å². The fourth-order valence-electron chi connectivity index (χ4n) is 0.862. The van der Waals surface area contributed by atoms with E-state index in [1.54, 1.807) is 12.1 Å². The summed E-state index contributed by atoms with van der Waals surface area (Å²) in [6.07, 6.45) is -2.39. The van der Waals surface area contributed by atoms with E-state index in [4.69, 9.17) is 17.3 Å². The van der Waals surface area contributed by atoms with Gasteiger partial charge in [-0.05, 0) is 18.2 Å². The van der Waals surface area contributed by atoms with Gasteiger partial charge in [0.15, 0.2) is 0 Å². The molecule has 3 N–H and O–H groups in total. The van der Waals surface area contributed by atoms with Gasteiger partial charge in [0.1, 0.15) is 0 Å². The summed E-state index contributed by atoms with van der Waals surface area (Å²) in [6.45, 7) is -0.413. The first kappa shape index (κ1) is 10.1. The van der Waals surface area contributed by atoms with Crippen molar-refractivity contribution in [3.05, 3.63) is 23.2 Å². The standard InChI is InChI=1S/C8H9ClF2N2/c9-6-3-5(12)1-2-7(6)13-4-8(10)11/h1-3,8,13H,4,12H2. The minimum absolute atomic E-state index is 0.348. The smallest absolute Gasteiger partial charge is 0.255 e. The lowest BCUT2D eigenvalue weighted by molar-refractivity contribution is 0.163. The van der Waals surface area contributed by atoms with Crippen LogP contribution in [0.5, 0.6) is 0 Å². The molecule has 0 atom stereocenters. The van der Waals surface area contributed by atoms with Crippen LogP contribution in [0.15, 0.2) is 18.2 Å². The Morgan fingerprint density at radius 2 is 2.15 bits per heavy atom. The maximum absolute atomic E-state index is 11.8. The van der Waals surface area contributed by atoms with Gasteiger partial charge in [-0.3, -0.25) is 0 Å². The van der Waals surface area contributed by atoms with E-state index in [0.29, 0.717) is 16.4 Å². The third-order valence-corrected chi connectivity index (χ3v) is 1.75.